The normalized spacial score (nSPS) is 10.4. The maximum absolute atomic E-state index is 12.5. The topological polar surface area (TPSA) is 72.5 Å². The molecule has 0 bridgehead atoms. The quantitative estimate of drug-likeness (QED) is 0.488. The fourth-order valence-corrected chi connectivity index (χ4v) is 4.66. The lowest BCUT2D eigenvalue weighted by Crippen LogP contribution is -2.34. The molecule has 0 spiro atoms. The van der Waals surface area contributed by atoms with Gasteiger partial charge < -0.3 is 14.8 Å². The minimum absolute atomic E-state index is 0.113. The van der Waals surface area contributed by atoms with Crippen LogP contribution in [0.25, 0.3) is 11.3 Å². The number of halogens is 2. The van der Waals surface area contributed by atoms with Gasteiger partial charge in [-0.2, -0.15) is 0 Å². The van der Waals surface area contributed by atoms with Crippen LogP contribution < -0.4 is 20.1 Å². The molecule has 1 aromatic carbocycles. The van der Waals surface area contributed by atoms with Gasteiger partial charge in [0.05, 0.1) is 24.2 Å². The predicted octanol–water partition coefficient (Wildman–Crippen LogP) is 5.32. The number of methoxy groups -OCH3 is 2. The largest absolute Gasteiger partial charge is 0.497 e. The van der Waals surface area contributed by atoms with Gasteiger partial charge in [-0.1, -0.05) is 23.2 Å². The molecule has 1 amide bonds. The molecule has 0 saturated carbocycles. The summed E-state index contributed by atoms with van der Waals surface area (Å²) in [4.78, 5) is 16.9. The summed E-state index contributed by atoms with van der Waals surface area (Å²) in [6, 6.07) is 6.60. The molecular formula is C17H13Cl2N3O3S3. The maximum atomic E-state index is 12.5. The average Bonchev–Trinajstić information content (AvgIpc) is 3.26. The number of hydrogen-bond acceptors (Lipinski definition) is 7. The van der Waals surface area contributed by atoms with E-state index in [1.807, 2.05) is 5.38 Å². The lowest BCUT2D eigenvalue weighted by molar-refractivity contribution is 0.0977. The Morgan fingerprint density at radius 1 is 1.14 bits per heavy atom. The highest BCUT2D eigenvalue weighted by molar-refractivity contribution is 7.80. The van der Waals surface area contributed by atoms with E-state index in [-0.39, 0.29) is 5.11 Å². The monoisotopic (exact) mass is 473 g/mol. The number of thiophene rings is 1. The molecule has 28 heavy (non-hydrogen) atoms. The molecule has 2 N–H and O–H groups in total. The minimum Gasteiger partial charge on any atom is -0.497 e. The maximum Gasteiger partial charge on any atom is 0.257 e. The molecule has 0 saturated heterocycles. The summed E-state index contributed by atoms with van der Waals surface area (Å²) in [6.07, 6.45) is 0. The molecule has 2 aromatic heterocycles. The third-order valence-corrected chi connectivity index (χ3v) is 5.95. The van der Waals surface area contributed by atoms with Gasteiger partial charge in [-0.05, 0) is 30.4 Å². The van der Waals surface area contributed by atoms with Crippen LogP contribution in [0.3, 0.4) is 0 Å². The van der Waals surface area contributed by atoms with Crippen LogP contribution in [-0.4, -0.2) is 30.2 Å². The Kier molecular flexibility index (Phi) is 6.73. The number of ether oxygens (including phenoxy) is 2. The molecule has 2 heterocycles. The number of carbonyl (C=O) groups is 1. The summed E-state index contributed by atoms with van der Waals surface area (Å²) in [5, 5.41) is 7.94. The SMILES string of the molecule is COc1cc(OC)cc(C(=O)NC(=S)Nc2nc(-c3cc(Cl)sc3Cl)cs2)c1. The molecule has 11 heteroatoms. The van der Waals surface area contributed by atoms with Crippen molar-refractivity contribution in [1.82, 2.24) is 10.3 Å². The molecule has 0 unspecified atom stereocenters. The molecular weight excluding hydrogens is 461 g/mol. The van der Waals surface area contributed by atoms with E-state index in [2.05, 4.69) is 15.6 Å². The number of nitrogens with zero attached hydrogens (tertiary/aromatic N) is 1. The van der Waals surface area contributed by atoms with E-state index in [1.165, 1.54) is 36.9 Å². The van der Waals surface area contributed by atoms with E-state index < -0.39 is 5.91 Å². The van der Waals surface area contributed by atoms with Crippen molar-refractivity contribution in [3.05, 3.63) is 43.9 Å². The standard InChI is InChI=1S/C17H13Cl2N3O3S3/c1-24-9-3-8(4-10(5-9)25-2)15(23)21-16(26)22-17-20-12(7-27-17)11-6-13(18)28-14(11)19/h3-7H,1-2H3,(H2,20,21,22,23,26). The van der Waals surface area contributed by atoms with Gasteiger partial charge in [-0.3, -0.25) is 10.1 Å². The number of anilines is 1. The van der Waals surface area contributed by atoms with Gasteiger partial charge in [-0.15, -0.1) is 22.7 Å². The number of thiocarbonyl (C=S) groups is 1. The Hall–Kier alpha value is -1.91. The van der Waals surface area contributed by atoms with E-state index in [0.717, 1.165) is 5.56 Å². The number of thiazole rings is 1. The Morgan fingerprint density at radius 2 is 1.82 bits per heavy atom. The average molecular weight is 474 g/mol. The summed E-state index contributed by atoms with van der Waals surface area (Å²) in [6.45, 7) is 0. The summed E-state index contributed by atoms with van der Waals surface area (Å²) in [5.41, 5.74) is 1.77. The molecule has 3 rings (SSSR count). The molecule has 0 aliphatic carbocycles. The van der Waals surface area contributed by atoms with Gasteiger partial charge in [-0.25, -0.2) is 4.98 Å². The van der Waals surface area contributed by atoms with Gasteiger partial charge in [0.15, 0.2) is 10.2 Å². The van der Waals surface area contributed by atoms with Gasteiger partial charge in [0, 0.05) is 22.6 Å². The second-order valence-corrected chi connectivity index (χ2v) is 8.84. The first-order valence-corrected chi connectivity index (χ1v) is 10.5. The molecule has 0 radical (unpaired) electrons. The highest BCUT2D eigenvalue weighted by Crippen LogP contribution is 2.39. The predicted molar refractivity (Wildman–Crippen MR) is 119 cm³/mol. The first-order chi connectivity index (χ1) is 13.4. The van der Waals surface area contributed by atoms with Crippen LogP contribution in [0.2, 0.25) is 8.67 Å². The van der Waals surface area contributed by atoms with Crippen LogP contribution >= 0.6 is 58.1 Å². The van der Waals surface area contributed by atoms with Crippen LogP contribution in [0.1, 0.15) is 10.4 Å². The van der Waals surface area contributed by atoms with E-state index in [4.69, 9.17) is 44.9 Å². The van der Waals surface area contributed by atoms with Gasteiger partial charge in [0.25, 0.3) is 5.91 Å². The molecule has 146 valence electrons. The Balaban J connectivity index is 1.68. The van der Waals surface area contributed by atoms with Crippen LogP contribution in [0.4, 0.5) is 5.13 Å². The van der Waals surface area contributed by atoms with Crippen molar-refractivity contribution >= 4 is 74.2 Å². The first kappa shape index (κ1) is 20.8. The third-order valence-electron chi connectivity index (χ3n) is 3.50. The summed E-state index contributed by atoms with van der Waals surface area (Å²) in [7, 11) is 3.02. The van der Waals surface area contributed by atoms with Crippen LogP contribution in [0, 0.1) is 0 Å². The van der Waals surface area contributed by atoms with Crippen LogP contribution in [0.5, 0.6) is 11.5 Å². The molecule has 0 aliphatic heterocycles. The van der Waals surface area contributed by atoms with E-state index in [1.54, 1.807) is 24.3 Å². The third kappa shape index (κ3) is 4.92. The smallest absolute Gasteiger partial charge is 0.257 e. The molecule has 0 atom stereocenters. The van der Waals surface area contributed by atoms with Gasteiger partial charge in [0.1, 0.15) is 15.8 Å². The van der Waals surface area contributed by atoms with E-state index in [0.29, 0.717) is 36.6 Å². The summed E-state index contributed by atoms with van der Waals surface area (Å²) in [5.74, 6) is 0.595. The fourth-order valence-electron chi connectivity index (χ4n) is 2.21. The number of rotatable bonds is 5. The first-order valence-electron chi connectivity index (χ1n) is 7.65. The second kappa shape index (κ2) is 9.06. The molecule has 3 aromatic rings. The number of nitrogens with one attached hydrogen (secondary N) is 2. The Labute approximate surface area is 184 Å². The van der Waals surface area contributed by atoms with Crippen LogP contribution in [0.15, 0.2) is 29.6 Å². The zero-order valence-electron chi connectivity index (χ0n) is 14.5. The summed E-state index contributed by atoms with van der Waals surface area (Å²) < 4.78 is 11.5. The number of benzene rings is 1. The molecule has 0 fully saturated rings. The molecule has 0 aliphatic rings. The highest BCUT2D eigenvalue weighted by Gasteiger charge is 2.15. The summed E-state index contributed by atoms with van der Waals surface area (Å²) >= 11 is 19.9. The minimum atomic E-state index is -0.404. The molecule has 6 nitrogen and oxygen atoms in total. The Morgan fingerprint density at radius 3 is 2.39 bits per heavy atom. The zero-order valence-corrected chi connectivity index (χ0v) is 18.5. The van der Waals surface area contributed by atoms with Gasteiger partial charge in [0.2, 0.25) is 0 Å². The second-order valence-electron chi connectivity index (χ2n) is 5.29. The highest BCUT2D eigenvalue weighted by atomic mass is 35.5. The van der Waals surface area contributed by atoms with Crippen molar-refractivity contribution < 1.29 is 14.3 Å². The van der Waals surface area contributed by atoms with Crippen molar-refractivity contribution in [2.75, 3.05) is 19.5 Å². The Bertz CT molecular complexity index is 1010. The van der Waals surface area contributed by atoms with Crippen molar-refractivity contribution in [3.8, 4) is 22.8 Å². The van der Waals surface area contributed by atoms with Crippen molar-refractivity contribution in [1.29, 1.82) is 0 Å². The fraction of sp³-hybridized carbons (Fsp3) is 0.118. The van der Waals surface area contributed by atoms with E-state index in [9.17, 15) is 4.79 Å². The van der Waals surface area contributed by atoms with Gasteiger partial charge >= 0.3 is 0 Å². The van der Waals surface area contributed by atoms with E-state index >= 15 is 0 Å². The number of hydrogen-bond donors (Lipinski definition) is 2. The zero-order chi connectivity index (χ0) is 20.3. The van der Waals surface area contributed by atoms with Crippen molar-refractivity contribution in [3.63, 3.8) is 0 Å². The number of carbonyl (C=O) groups excluding carboxylic acids is 1. The van der Waals surface area contributed by atoms with Crippen molar-refractivity contribution in [2.24, 2.45) is 0 Å². The van der Waals surface area contributed by atoms with Crippen molar-refractivity contribution in [2.45, 2.75) is 0 Å². The number of amides is 1. The number of aromatic nitrogens is 1. The lowest BCUT2D eigenvalue weighted by atomic mass is 10.2. The van der Waals surface area contributed by atoms with Crippen LogP contribution in [-0.2, 0) is 0 Å². The lowest BCUT2D eigenvalue weighted by Gasteiger charge is -2.10.